The van der Waals surface area contributed by atoms with Crippen LogP contribution < -0.4 is 4.74 Å². The number of hydrogen-bond donors (Lipinski definition) is 5. The molecule has 14 atom stereocenters. The third-order valence-electron chi connectivity index (χ3n) is 11.8. The largest absolute Gasteiger partial charge is 0.497 e. The molecule has 2 saturated heterocycles. The first-order valence-corrected chi connectivity index (χ1v) is 18.5. The summed E-state index contributed by atoms with van der Waals surface area (Å²) in [5, 5.41) is 55.9. The van der Waals surface area contributed by atoms with E-state index in [-0.39, 0.29) is 42.6 Å². The predicted octanol–water partition coefficient (Wildman–Crippen LogP) is 1.66. The second-order valence-electron chi connectivity index (χ2n) is 15.7. The molecule has 0 amide bonds. The molecule has 0 bridgehead atoms. The molecule has 0 radical (unpaired) electrons. The molecule has 0 spiro atoms. The molecule has 2 aliphatic carbocycles. The topological polar surface area (TPSA) is 217 Å². The van der Waals surface area contributed by atoms with E-state index in [1.165, 1.54) is 19.2 Å². The van der Waals surface area contributed by atoms with Gasteiger partial charge >= 0.3 is 11.9 Å². The molecule has 298 valence electrons. The molecule has 4 aliphatic rings. The lowest BCUT2D eigenvalue weighted by Gasteiger charge is -2.51. The van der Waals surface area contributed by atoms with Crippen molar-refractivity contribution in [3.8, 4) is 5.75 Å². The Balaban J connectivity index is 1.41. The molecular weight excluding hydrogens is 696 g/mol. The monoisotopic (exact) mass is 752 g/mol. The predicted molar refractivity (Wildman–Crippen MR) is 184 cm³/mol. The van der Waals surface area contributed by atoms with Crippen molar-refractivity contribution in [2.24, 2.45) is 23.2 Å². The third kappa shape index (κ3) is 8.58. The number of carbonyl (C=O) groups excluding carboxylic acids is 3. The first-order chi connectivity index (χ1) is 25.0. The Kier molecular flexibility index (Phi) is 13.3. The second kappa shape index (κ2) is 17.0. The van der Waals surface area contributed by atoms with Crippen molar-refractivity contribution >= 4 is 17.7 Å². The number of aliphatic hydroxyl groups is 5. The van der Waals surface area contributed by atoms with Crippen molar-refractivity contribution < 1.29 is 73.1 Å². The minimum Gasteiger partial charge on any atom is -0.497 e. The molecule has 1 aromatic carbocycles. The van der Waals surface area contributed by atoms with Crippen molar-refractivity contribution in [2.45, 2.75) is 140 Å². The fourth-order valence-corrected chi connectivity index (χ4v) is 8.49. The summed E-state index contributed by atoms with van der Waals surface area (Å²) in [5.74, 6) is -2.06. The molecule has 4 fully saturated rings. The summed E-state index contributed by atoms with van der Waals surface area (Å²) in [6.07, 6.45) is -11.1. The van der Waals surface area contributed by atoms with Crippen LogP contribution >= 0.6 is 0 Å². The molecule has 53 heavy (non-hydrogen) atoms. The van der Waals surface area contributed by atoms with E-state index in [4.69, 9.17) is 33.2 Å². The van der Waals surface area contributed by atoms with Gasteiger partial charge in [-0.15, -0.1) is 0 Å². The maximum absolute atomic E-state index is 13.6. The quantitative estimate of drug-likeness (QED) is 0.181. The Morgan fingerprint density at radius 1 is 0.887 bits per heavy atom. The van der Waals surface area contributed by atoms with Crippen LogP contribution in [0.4, 0.5) is 0 Å². The maximum Gasteiger partial charge on any atom is 0.338 e. The van der Waals surface area contributed by atoms with Gasteiger partial charge in [-0.2, -0.15) is 0 Å². The molecular formula is C38H56O15. The van der Waals surface area contributed by atoms with Gasteiger partial charge in [0.25, 0.3) is 0 Å². The number of hydrogen-bond acceptors (Lipinski definition) is 15. The van der Waals surface area contributed by atoms with Crippen LogP contribution in [0.1, 0.15) is 83.5 Å². The highest BCUT2D eigenvalue weighted by atomic mass is 16.8. The minimum absolute atomic E-state index is 0.108. The lowest BCUT2D eigenvalue weighted by Crippen LogP contribution is -2.64. The van der Waals surface area contributed by atoms with Crippen molar-refractivity contribution in [3.05, 3.63) is 29.8 Å². The number of benzene rings is 1. The zero-order valence-electron chi connectivity index (χ0n) is 31.3. The lowest BCUT2D eigenvalue weighted by molar-refractivity contribution is -0.345. The lowest BCUT2D eigenvalue weighted by atomic mass is 9.58. The standard InChI is InChI=1S/C38H56O15/c1-19(2)7-12-26(41)20(3)38(46)29(16-23-15-24(40)13-14-37(23,38)5)51-36-33(50-21(4)39)31(28(43)18-49-36)53-35-32(30(44)27(42)17-48-35)52-34(45)22-8-10-25(47-6)11-9-22/h8-11,19-20,23-24,27-33,35-36,40,42-44,46H,7,12-18H2,1-6H3/t20-,23-,24+,27+,28+,29+,30-,31+,32+,33-,35-,36+,37+,38-/m1/s1. The molecule has 0 aromatic heterocycles. The average Bonchev–Trinajstić information content (AvgIpc) is 3.34. The Morgan fingerprint density at radius 3 is 2.15 bits per heavy atom. The van der Waals surface area contributed by atoms with Crippen molar-refractivity contribution in [1.82, 2.24) is 0 Å². The van der Waals surface area contributed by atoms with Gasteiger partial charge in [0.1, 0.15) is 41.5 Å². The van der Waals surface area contributed by atoms with E-state index in [1.807, 2.05) is 20.8 Å². The van der Waals surface area contributed by atoms with Gasteiger partial charge in [-0.3, -0.25) is 9.59 Å². The Bertz CT molecular complexity index is 1420. The molecule has 2 heterocycles. The molecule has 0 unspecified atom stereocenters. The van der Waals surface area contributed by atoms with Crippen LogP contribution in [0.3, 0.4) is 0 Å². The summed E-state index contributed by atoms with van der Waals surface area (Å²) in [7, 11) is 1.47. The Morgan fingerprint density at radius 2 is 1.53 bits per heavy atom. The van der Waals surface area contributed by atoms with E-state index < -0.39 is 96.9 Å². The van der Waals surface area contributed by atoms with E-state index in [0.29, 0.717) is 31.4 Å². The van der Waals surface area contributed by atoms with Gasteiger partial charge < -0.3 is 58.7 Å². The molecule has 2 saturated carbocycles. The number of Topliss-reactive ketones (excluding diaryl/α,β-unsaturated/α-hetero) is 1. The number of methoxy groups -OCH3 is 1. The van der Waals surface area contributed by atoms with Crippen LogP contribution in [-0.4, -0.2) is 131 Å². The van der Waals surface area contributed by atoms with Crippen LogP contribution in [0.15, 0.2) is 24.3 Å². The van der Waals surface area contributed by atoms with Crippen LogP contribution in [0.2, 0.25) is 0 Å². The fourth-order valence-electron chi connectivity index (χ4n) is 8.49. The van der Waals surface area contributed by atoms with Gasteiger partial charge in [0, 0.05) is 24.7 Å². The molecule has 5 rings (SSSR count). The highest BCUT2D eigenvalue weighted by molar-refractivity contribution is 5.89. The van der Waals surface area contributed by atoms with E-state index in [2.05, 4.69) is 0 Å². The number of rotatable bonds is 13. The van der Waals surface area contributed by atoms with Crippen molar-refractivity contribution in [3.63, 3.8) is 0 Å². The van der Waals surface area contributed by atoms with Crippen LogP contribution in [0.25, 0.3) is 0 Å². The van der Waals surface area contributed by atoms with E-state index in [9.17, 15) is 39.9 Å². The first kappa shape index (κ1) is 41.4. The number of carbonyl (C=O) groups is 3. The second-order valence-corrected chi connectivity index (χ2v) is 15.7. The van der Waals surface area contributed by atoms with E-state index in [0.717, 1.165) is 6.92 Å². The number of esters is 2. The molecule has 5 N–H and O–H groups in total. The van der Waals surface area contributed by atoms with Gasteiger partial charge in [-0.1, -0.05) is 27.7 Å². The van der Waals surface area contributed by atoms with Crippen LogP contribution in [0.5, 0.6) is 5.75 Å². The number of fused-ring (bicyclic) bond motifs is 1. The number of ketones is 1. The van der Waals surface area contributed by atoms with Crippen molar-refractivity contribution in [1.29, 1.82) is 0 Å². The summed E-state index contributed by atoms with van der Waals surface area (Å²) in [6.45, 7) is 8.01. The van der Waals surface area contributed by atoms with E-state index in [1.54, 1.807) is 19.1 Å². The van der Waals surface area contributed by atoms with E-state index >= 15 is 0 Å². The summed E-state index contributed by atoms with van der Waals surface area (Å²) >= 11 is 0. The zero-order valence-corrected chi connectivity index (χ0v) is 31.3. The SMILES string of the molecule is COc1ccc(C(=O)O[C@@H]2[C@@H](O[C@@H]3[C@@H](OC(C)=O)[C@H](O[C@H]4C[C@H]5C[C@@H](O)CC[C@]5(C)[C@@]4(O)[C@H](C)C(=O)CCC(C)C)OC[C@@H]3O)OC[C@H](O)[C@H]2O)cc1. The Hall–Kier alpha value is -2.73. The summed E-state index contributed by atoms with van der Waals surface area (Å²) < 4.78 is 40.6. The van der Waals surface area contributed by atoms with Gasteiger partial charge in [-0.25, -0.2) is 4.79 Å². The smallest absolute Gasteiger partial charge is 0.338 e. The highest BCUT2D eigenvalue weighted by Gasteiger charge is 2.67. The van der Waals surface area contributed by atoms with Gasteiger partial charge in [0.05, 0.1) is 38.1 Å². The summed E-state index contributed by atoms with van der Waals surface area (Å²) in [5.41, 5.74) is -2.40. The molecule has 2 aliphatic heterocycles. The maximum atomic E-state index is 13.6. The highest BCUT2D eigenvalue weighted by Crippen LogP contribution is 2.61. The van der Waals surface area contributed by atoms with Gasteiger partial charge in [0.15, 0.2) is 24.8 Å². The van der Waals surface area contributed by atoms with Crippen LogP contribution in [-0.2, 0) is 38.0 Å². The summed E-state index contributed by atoms with van der Waals surface area (Å²) in [4.78, 5) is 39.3. The number of ether oxygens (including phenoxy) is 7. The number of aliphatic hydroxyl groups excluding tert-OH is 4. The average molecular weight is 753 g/mol. The van der Waals surface area contributed by atoms with Crippen molar-refractivity contribution in [2.75, 3.05) is 20.3 Å². The molecule has 15 nitrogen and oxygen atoms in total. The molecule has 15 heteroatoms. The normalized spacial score (nSPS) is 39.2. The minimum atomic E-state index is -1.70. The van der Waals surface area contributed by atoms with Gasteiger partial charge in [-0.05, 0) is 68.2 Å². The van der Waals surface area contributed by atoms with Crippen LogP contribution in [0, 0.1) is 23.2 Å². The molecule has 1 aromatic rings. The zero-order chi connectivity index (χ0) is 38.8. The summed E-state index contributed by atoms with van der Waals surface area (Å²) in [6, 6.07) is 5.98. The Labute approximate surface area is 309 Å². The van der Waals surface area contributed by atoms with Gasteiger partial charge in [0.2, 0.25) is 0 Å². The fraction of sp³-hybridized carbons (Fsp3) is 0.763. The third-order valence-corrected chi connectivity index (χ3v) is 11.8. The first-order valence-electron chi connectivity index (χ1n) is 18.5.